The predicted molar refractivity (Wildman–Crippen MR) is 176 cm³/mol. The van der Waals surface area contributed by atoms with E-state index in [1.807, 2.05) is 25.1 Å². The number of amides is 3. The van der Waals surface area contributed by atoms with Gasteiger partial charge in [0.15, 0.2) is 0 Å². The molecule has 0 radical (unpaired) electrons. The van der Waals surface area contributed by atoms with Crippen molar-refractivity contribution in [1.29, 1.82) is 0 Å². The van der Waals surface area contributed by atoms with E-state index in [1.165, 1.54) is 74.1 Å². The Morgan fingerprint density at radius 1 is 1.04 bits per heavy atom. The number of hydrogen-bond donors (Lipinski definition) is 2. The highest BCUT2D eigenvalue weighted by Crippen LogP contribution is 2.33. The van der Waals surface area contributed by atoms with E-state index < -0.39 is 48.3 Å². The number of ether oxygens (including phenoxy) is 1. The summed E-state index contributed by atoms with van der Waals surface area (Å²) in [6.45, 7) is 1.92. The number of aromatic nitrogens is 1. The van der Waals surface area contributed by atoms with Crippen molar-refractivity contribution in [2.75, 3.05) is 19.7 Å². The molecule has 2 N–H and O–H groups in total. The minimum atomic E-state index is -1.36. The topological polar surface area (TPSA) is 101 Å². The Kier molecular flexibility index (Phi) is 10.1. The summed E-state index contributed by atoms with van der Waals surface area (Å²) in [4.78, 5) is 44.8. The fourth-order valence-corrected chi connectivity index (χ4v) is 6.54. The van der Waals surface area contributed by atoms with Crippen LogP contribution in [0.3, 0.4) is 0 Å². The number of fused-ring (bicyclic) bond motifs is 1. The molecule has 2 aromatic carbocycles. The molecule has 0 unspecified atom stereocenters. The second kappa shape index (κ2) is 14.6. The lowest BCUT2D eigenvalue weighted by Crippen LogP contribution is -2.49. The first kappa shape index (κ1) is 32.6. The van der Waals surface area contributed by atoms with Crippen LogP contribution in [0.4, 0.5) is 8.78 Å². The van der Waals surface area contributed by atoms with Gasteiger partial charge in [-0.2, -0.15) is 0 Å². The Morgan fingerprint density at radius 2 is 1.85 bits per heavy atom. The summed E-state index contributed by atoms with van der Waals surface area (Å²) in [5.41, 5.74) is 2.36. The first-order chi connectivity index (χ1) is 22.7. The van der Waals surface area contributed by atoms with Gasteiger partial charge in [0.25, 0.3) is 5.91 Å². The first-order valence-corrected chi connectivity index (χ1v) is 16.8. The van der Waals surface area contributed by atoms with E-state index in [0.717, 1.165) is 16.9 Å². The van der Waals surface area contributed by atoms with E-state index in [0.29, 0.717) is 29.3 Å². The highest BCUT2D eigenvalue weighted by molar-refractivity contribution is 5.97. The lowest BCUT2D eigenvalue weighted by molar-refractivity contribution is -0.138. The number of rotatable bonds is 11. The number of allylic oxidation sites excluding steroid dienone is 1. The number of benzene rings is 2. The minimum Gasteiger partial charge on any atom is -0.493 e. The van der Waals surface area contributed by atoms with Gasteiger partial charge in [-0.05, 0) is 92.0 Å². The number of hydrogen-bond acceptors (Lipinski definition) is 5. The molecule has 3 atom stereocenters. The zero-order valence-corrected chi connectivity index (χ0v) is 26.7. The van der Waals surface area contributed by atoms with Crippen molar-refractivity contribution in [1.82, 2.24) is 20.5 Å². The van der Waals surface area contributed by atoms with E-state index in [1.54, 1.807) is 6.07 Å². The molecule has 3 aromatic rings. The summed E-state index contributed by atoms with van der Waals surface area (Å²) in [6, 6.07) is 11.6. The molecule has 2 aliphatic carbocycles. The van der Waals surface area contributed by atoms with Crippen LogP contribution in [0.15, 0.2) is 54.6 Å². The van der Waals surface area contributed by atoms with Crippen LogP contribution in [0, 0.1) is 17.7 Å². The highest BCUT2D eigenvalue weighted by Gasteiger charge is 2.40. The van der Waals surface area contributed by atoms with Gasteiger partial charge in [-0.15, -0.1) is 0 Å². The maximum atomic E-state index is 14.6. The second-order valence-electron chi connectivity index (χ2n) is 13.1. The lowest BCUT2D eigenvalue weighted by atomic mass is 9.90. The van der Waals surface area contributed by atoms with Crippen molar-refractivity contribution >= 4 is 34.7 Å². The molecule has 47 heavy (non-hydrogen) atoms. The van der Waals surface area contributed by atoms with Crippen molar-refractivity contribution in [2.24, 2.45) is 11.8 Å². The van der Waals surface area contributed by atoms with Gasteiger partial charge in [0.1, 0.15) is 29.5 Å². The van der Waals surface area contributed by atoms with Gasteiger partial charge in [-0.25, -0.2) is 13.8 Å². The fourth-order valence-electron chi connectivity index (χ4n) is 6.54. The van der Waals surface area contributed by atoms with Crippen molar-refractivity contribution < 1.29 is 27.9 Å². The van der Waals surface area contributed by atoms with Crippen LogP contribution in [-0.4, -0.2) is 59.5 Å². The molecule has 2 heterocycles. The van der Waals surface area contributed by atoms with Gasteiger partial charge in [-0.3, -0.25) is 14.4 Å². The van der Waals surface area contributed by atoms with E-state index in [4.69, 9.17) is 4.74 Å². The summed E-state index contributed by atoms with van der Waals surface area (Å²) < 4.78 is 34.3. The van der Waals surface area contributed by atoms with Crippen LogP contribution < -0.4 is 15.4 Å². The quantitative estimate of drug-likeness (QED) is 0.255. The third-order valence-electron chi connectivity index (χ3n) is 9.42. The molecule has 6 rings (SSSR count). The molecule has 3 fully saturated rings. The SMILES string of the molecule is C[C@H](NC(=O)[C@@H]1C[C@@H](F)CN1C(=O)CNC(=O)c1ccc2cc(F)ccc2n1)c1ccc(OCC2CCCCC2)cc1/C=C/C1CC1. The van der Waals surface area contributed by atoms with Gasteiger partial charge in [0.2, 0.25) is 11.8 Å². The number of carbonyl (C=O) groups is 3. The van der Waals surface area contributed by atoms with Gasteiger partial charge in [-0.1, -0.05) is 43.5 Å². The molecule has 1 saturated heterocycles. The molecule has 2 saturated carbocycles. The predicted octanol–water partition coefficient (Wildman–Crippen LogP) is 6.30. The van der Waals surface area contributed by atoms with Gasteiger partial charge >= 0.3 is 0 Å². The summed E-state index contributed by atoms with van der Waals surface area (Å²) >= 11 is 0. The third kappa shape index (κ3) is 8.34. The Balaban J connectivity index is 1.08. The number of likely N-dealkylation sites (tertiary alicyclic amines) is 1. The molecule has 1 aliphatic heterocycles. The molecule has 10 heteroatoms. The fraction of sp³-hybridized carbons (Fsp3) is 0.459. The van der Waals surface area contributed by atoms with E-state index in [9.17, 15) is 23.2 Å². The average Bonchev–Trinajstić information content (AvgIpc) is 3.83. The van der Waals surface area contributed by atoms with E-state index >= 15 is 0 Å². The maximum Gasteiger partial charge on any atom is 0.270 e. The van der Waals surface area contributed by atoms with Crippen LogP contribution in [-0.2, 0) is 9.59 Å². The van der Waals surface area contributed by atoms with Crippen LogP contribution in [0.25, 0.3) is 17.0 Å². The van der Waals surface area contributed by atoms with Gasteiger partial charge in [0.05, 0.1) is 31.3 Å². The number of carbonyl (C=O) groups excluding carboxylic acids is 3. The Morgan fingerprint density at radius 3 is 2.64 bits per heavy atom. The first-order valence-electron chi connectivity index (χ1n) is 16.8. The van der Waals surface area contributed by atoms with Crippen molar-refractivity contribution in [3.05, 3.63) is 77.2 Å². The highest BCUT2D eigenvalue weighted by atomic mass is 19.1. The van der Waals surface area contributed by atoms with E-state index in [2.05, 4.69) is 27.8 Å². The van der Waals surface area contributed by atoms with Crippen LogP contribution in [0.2, 0.25) is 0 Å². The zero-order valence-electron chi connectivity index (χ0n) is 26.7. The summed E-state index contributed by atoms with van der Waals surface area (Å²) in [5.74, 6) is -0.0768. The number of nitrogens with one attached hydrogen (secondary N) is 2. The Bertz CT molecular complexity index is 1650. The molecule has 3 amide bonds. The molecule has 3 aliphatic rings. The average molecular weight is 645 g/mol. The maximum absolute atomic E-state index is 14.6. The van der Waals surface area contributed by atoms with E-state index in [-0.39, 0.29) is 18.7 Å². The molecule has 8 nitrogen and oxygen atoms in total. The number of halogens is 2. The normalized spacial score (nSPS) is 20.8. The second-order valence-corrected chi connectivity index (χ2v) is 13.1. The number of alkyl halides is 1. The Labute approximate surface area is 274 Å². The molecule has 1 aromatic heterocycles. The van der Waals surface area contributed by atoms with Crippen molar-refractivity contribution in [3.8, 4) is 5.75 Å². The van der Waals surface area contributed by atoms with Crippen LogP contribution >= 0.6 is 0 Å². The molecule has 248 valence electrons. The zero-order chi connectivity index (χ0) is 32.9. The van der Waals surface area contributed by atoms with Gasteiger partial charge < -0.3 is 20.3 Å². The molecular weight excluding hydrogens is 602 g/mol. The molecule has 0 spiro atoms. The standard InChI is InChI=1S/C37H42F2N4O4/c1-23(31-14-13-30(18-26(31)10-9-24-7-8-24)47-22-25-5-3-2-4-6-25)41-37(46)34-19-29(39)21-43(34)35(44)20-40-36(45)33-15-11-27-17-28(38)12-16-32(27)42-33/h9-18,23-25,29,34H,2-8,19-22H2,1H3,(H,40,45)(H,41,46)/b10-9+/t23-,29+,34-/m0/s1. The smallest absolute Gasteiger partial charge is 0.270 e. The Hall–Kier alpha value is -4.34. The summed E-state index contributed by atoms with van der Waals surface area (Å²) in [5, 5.41) is 6.07. The summed E-state index contributed by atoms with van der Waals surface area (Å²) in [6.07, 6.45) is 11.4. The summed E-state index contributed by atoms with van der Waals surface area (Å²) in [7, 11) is 0. The number of nitrogens with zero attached hydrogens (tertiary/aromatic N) is 2. The monoisotopic (exact) mass is 644 g/mol. The van der Waals surface area contributed by atoms with Crippen LogP contribution in [0.5, 0.6) is 5.75 Å². The minimum absolute atomic E-state index is 0.0572. The van der Waals surface area contributed by atoms with Crippen molar-refractivity contribution in [2.45, 2.75) is 76.5 Å². The number of pyridine rings is 1. The third-order valence-corrected chi connectivity index (χ3v) is 9.42. The largest absolute Gasteiger partial charge is 0.493 e. The van der Waals surface area contributed by atoms with Crippen LogP contribution in [0.1, 0.15) is 85.9 Å². The van der Waals surface area contributed by atoms with Gasteiger partial charge in [0, 0.05) is 11.8 Å². The van der Waals surface area contributed by atoms with Crippen molar-refractivity contribution in [3.63, 3.8) is 0 Å². The lowest BCUT2D eigenvalue weighted by Gasteiger charge is -2.26. The molecular formula is C37H42F2N4O4. The molecule has 0 bridgehead atoms.